The van der Waals surface area contributed by atoms with Crippen molar-refractivity contribution in [3.63, 3.8) is 0 Å². The van der Waals surface area contributed by atoms with Crippen LogP contribution in [0.5, 0.6) is 0 Å². The monoisotopic (exact) mass is 163 g/mol. The maximum Gasteiger partial charge on any atom is 0.0581 e. The summed E-state index contributed by atoms with van der Waals surface area (Å²) in [4.78, 5) is 1.30. The molecule has 0 amide bonds. The highest BCUT2D eigenvalue weighted by Crippen LogP contribution is 2.30. The number of aryl methyl sites for hydroxylation is 2. The zero-order valence-electron chi connectivity index (χ0n) is 6.59. The van der Waals surface area contributed by atoms with Crippen molar-refractivity contribution in [2.24, 2.45) is 0 Å². The lowest BCUT2D eigenvalue weighted by molar-refractivity contribution is 1.31. The molecule has 1 nitrogen and oxygen atoms in total. The van der Waals surface area contributed by atoms with Gasteiger partial charge in [0.15, 0.2) is 0 Å². The molecule has 0 aromatic rings. The molecule has 0 bridgehead atoms. The number of hydrogen-bond donors (Lipinski definition) is 0. The molecule has 1 aliphatic carbocycles. The number of nitrogens with zero attached hydrogens (tertiary/aromatic N) is 1. The van der Waals surface area contributed by atoms with Crippen LogP contribution in [0, 0.1) is 13.8 Å². The quantitative estimate of drug-likeness (QED) is 0.582. The van der Waals surface area contributed by atoms with Gasteiger partial charge < -0.3 is 0 Å². The van der Waals surface area contributed by atoms with Gasteiger partial charge in [-0.1, -0.05) is 18.2 Å². The summed E-state index contributed by atoms with van der Waals surface area (Å²) in [6.45, 7) is 4.16. The molecule has 0 unspecified atom stereocenters. The van der Waals surface area contributed by atoms with Crippen molar-refractivity contribution in [2.45, 2.75) is 13.8 Å². The molecular weight excluding hydrogens is 154 g/mol. The van der Waals surface area contributed by atoms with Gasteiger partial charge in [-0.2, -0.15) is 4.37 Å². The normalized spacial score (nSPS) is 10.7. The fourth-order valence-corrected chi connectivity index (χ4v) is 1.93. The van der Waals surface area contributed by atoms with Gasteiger partial charge in [0.25, 0.3) is 0 Å². The van der Waals surface area contributed by atoms with Gasteiger partial charge in [-0.05, 0) is 30.9 Å². The van der Waals surface area contributed by atoms with Gasteiger partial charge in [0.2, 0.25) is 0 Å². The second-order valence-corrected chi connectivity index (χ2v) is 3.65. The van der Waals surface area contributed by atoms with E-state index in [9.17, 15) is 0 Å². The van der Waals surface area contributed by atoms with E-state index in [2.05, 4.69) is 36.4 Å². The minimum absolute atomic E-state index is 1.14. The molecule has 0 saturated carbocycles. The summed E-state index contributed by atoms with van der Waals surface area (Å²) in [5.41, 5.74) is 3.78. The maximum atomic E-state index is 4.32. The van der Waals surface area contributed by atoms with Crippen molar-refractivity contribution < 1.29 is 0 Å². The first-order valence-corrected chi connectivity index (χ1v) is 4.38. The average Bonchev–Trinajstić information content (AvgIpc) is 2.45. The number of aromatic nitrogens is 1. The summed E-state index contributed by atoms with van der Waals surface area (Å²) >= 11 is 1.58. The third-order valence-corrected chi connectivity index (χ3v) is 2.76. The van der Waals surface area contributed by atoms with E-state index in [1.807, 2.05) is 0 Å². The van der Waals surface area contributed by atoms with Gasteiger partial charge in [-0.3, -0.25) is 0 Å². The van der Waals surface area contributed by atoms with Crippen LogP contribution >= 0.6 is 11.5 Å². The fourth-order valence-electron chi connectivity index (χ4n) is 1.28. The Morgan fingerprint density at radius 2 is 1.91 bits per heavy atom. The predicted octanol–water partition coefficient (Wildman–Crippen LogP) is 2.86. The van der Waals surface area contributed by atoms with Crippen molar-refractivity contribution in [1.82, 2.24) is 4.37 Å². The molecule has 2 heteroatoms. The number of hydrogen-bond acceptors (Lipinski definition) is 2. The Bertz CT molecular complexity index is 318. The lowest BCUT2D eigenvalue weighted by Crippen LogP contribution is -1.85. The molecule has 0 saturated heterocycles. The molecule has 56 valence electrons. The Morgan fingerprint density at radius 3 is 2.64 bits per heavy atom. The van der Waals surface area contributed by atoms with Crippen LogP contribution in [-0.2, 0) is 0 Å². The highest BCUT2D eigenvalue weighted by molar-refractivity contribution is 7.05. The fraction of sp³-hybridized carbons (Fsp3) is 0.222. The second kappa shape index (κ2) is 2.31. The largest absolute Gasteiger partial charge is 0.197 e. The summed E-state index contributed by atoms with van der Waals surface area (Å²) in [7, 11) is 0. The third-order valence-electron chi connectivity index (χ3n) is 1.90. The maximum absolute atomic E-state index is 4.32. The van der Waals surface area contributed by atoms with Crippen molar-refractivity contribution in [3.8, 4) is 11.1 Å². The van der Waals surface area contributed by atoms with Crippen LogP contribution in [0.25, 0.3) is 11.1 Å². The minimum Gasteiger partial charge on any atom is -0.197 e. The first-order chi connectivity index (χ1) is 5.29. The summed E-state index contributed by atoms with van der Waals surface area (Å²) in [6, 6.07) is 6.35. The van der Waals surface area contributed by atoms with E-state index in [-0.39, 0.29) is 0 Å². The molecule has 0 N–H and O–H groups in total. The van der Waals surface area contributed by atoms with E-state index < -0.39 is 0 Å². The van der Waals surface area contributed by atoms with E-state index in [0.29, 0.717) is 0 Å². The summed E-state index contributed by atoms with van der Waals surface area (Å²) < 4.78 is 4.32. The molecule has 1 aliphatic heterocycles. The highest BCUT2D eigenvalue weighted by atomic mass is 32.1. The summed E-state index contributed by atoms with van der Waals surface area (Å²) in [5, 5.41) is 0. The van der Waals surface area contributed by atoms with Crippen molar-refractivity contribution in [2.75, 3.05) is 0 Å². The molecule has 0 spiro atoms. The molecule has 0 aromatic carbocycles. The summed E-state index contributed by atoms with van der Waals surface area (Å²) in [6.07, 6.45) is 0. The zero-order valence-corrected chi connectivity index (χ0v) is 7.40. The van der Waals surface area contributed by atoms with Crippen LogP contribution in [0.4, 0.5) is 0 Å². The number of fused-ring (bicyclic) bond motifs is 1. The molecule has 0 aromatic heterocycles. The van der Waals surface area contributed by atoms with Crippen molar-refractivity contribution in [1.29, 1.82) is 0 Å². The van der Waals surface area contributed by atoms with Crippen LogP contribution in [0.1, 0.15) is 10.6 Å². The Labute approximate surface area is 70.2 Å². The minimum atomic E-state index is 1.14. The van der Waals surface area contributed by atoms with Crippen LogP contribution in [-0.4, -0.2) is 4.37 Å². The molecule has 0 radical (unpaired) electrons. The van der Waals surface area contributed by atoms with Gasteiger partial charge in [-0.25, -0.2) is 0 Å². The molecule has 0 atom stereocenters. The summed E-state index contributed by atoms with van der Waals surface area (Å²) in [5.74, 6) is 0. The number of rotatable bonds is 0. The SMILES string of the molecule is Cc1nsc(C)c2cccc1-2. The lowest BCUT2D eigenvalue weighted by atomic mass is 10.1. The van der Waals surface area contributed by atoms with Crippen LogP contribution in [0.15, 0.2) is 18.2 Å². The molecule has 11 heavy (non-hydrogen) atoms. The Morgan fingerprint density at radius 1 is 1.18 bits per heavy atom. The topological polar surface area (TPSA) is 12.9 Å². The predicted molar refractivity (Wildman–Crippen MR) is 48.2 cm³/mol. The van der Waals surface area contributed by atoms with Crippen molar-refractivity contribution >= 4 is 11.5 Å². The van der Waals surface area contributed by atoms with Gasteiger partial charge in [0, 0.05) is 10.4 Å². The van der Waals surface area contributed by atoms with Gasteiger partial charge in [0.1, 0.15) is 0 Å². The van der Waals surface area contributed by atoms with E-state index >= 15 is 0 Å². The molecule has 2 rings (SSSR count). The van der Waals surface area contributed by atoms with E-state index in [0.717, 1.165) is 5.69 Å². The first-order valence-electron chi connectivity index (χ1n) is 3.60. The van der Waals surface area contributed by atoms with E-state index in [1.165, 1.54) is 16.0 Å². The van der Waals surface area contributed by atoms with Gasteiger partial charge >= 0.3 is 0 Å². The second-order valence-electron chi connectivity index (χ2n) is 2.68. The Kier molecular flexibility index (Phi) is 1.43. The zero-order chi connectivity index (χ0) is 7.84. The first kappa shape index (κ1) is 6.80. The molecule has 1 heterocycles. The van der Waals surface area contributed by atoms with Gasteiger partial charge in [-0.15, -0.1) is 0 Å². The van der Waals surface area contributed by atoms with Crippen LogP contribution in [0.3, 0.4) is 0 Å². The van der Waals surface area contributed by atoms with Gasteiger partial charge in [0.05, 0.1) is 5.69 Å². The molecule has 2 aliphatic rings. The van der Waals surface area contributed by atoms with Crippen LogP contribution < -0.4 is 0 Å². The lowest BCUT2D eigenvalue weighted by Gasteiger charge is -2.03. The third kappa shape index (κ3) is 0.942. The highest BCUT2D eigenvalue weighted by Gasteiger charge is 2.08. The smallest absolute Gasteiger partial charge is 0.0581 e. The van der Waals surface area contributed by atoms with E-state index in [4.69, 9.17) is 0 Å². The van der Waals surface area contributed by atoms with Crippen molar-refractivity contribution in [3.05, 3.63) is 28.8 Å². The molecular formula is C9H9NS. The Hall–Kier alpha value is -0.890. The van der Waals surface area contributed by atoms with E-state index in [1.54, 1.807) is 11.5 Å². The van der Waals surface area contributed by atoms with Crippen LogP contribution in [0.2, 0.25) is 0 Å². The Balaban J connectivity index is 2.82. The standard InChI is InChI=1S/C9H9NS/c1-6-8-4-3-5-9(8)7(2)11-10-6/h3-5H,1-2H3. The molecule has 0 fully saturated rings. The average molecular weight is 163 g/mol.